The van der Waals surface area contributed by atoms with E-state index in [1.807, 2.05) is 18.2 Å². The molecule has 0 aromatic rings. The van der Waals surface area contributed by atoms with Crippen molar-refractivity contribution >= 4 is 5.91 Å². The fourth-order valence-electron chi connectivity index (χ4n) is 0.754. The highest BCUT2D eigenvalue weighted by Gasteiger charge is 2.02. The zero-order valence-electron chi connectivity index (χ0n) is 5.79. The van der Waals surface area contributed by atoms with E-state index in [4.69, 9.17) is 0 Å². The average Bonchev–Trinajstić information content (AvgIpc) is 1.88. The summed E-state index contributed by atoms with van der Waals surface area (Å²) < 4.78 is 0. The van der Waals surface area contributed by atoms with E-state index in [-0.39, 0.29) is 12.1 Å². The Kier molecular flexibility index (Phi) is 2.10. The Morgan fingerprint density at radius 3 is 2.90 bits per heavy atom. The van der Waals surface area contributed by atoms with Gasteiger partial charge in [0, 0.05) is 6.92 Å². The molecule has 0 aliphatic carbocycles. The minimum Gasteiger partial charge on any atom is -0.368 e. The summed E-state index contributed by atoms with van der Waals surface area (Å²) in [6.07, 6.45) is 7.39. The van der Waals surface area contributed by atoms with Gasteiger partial charge < -0.3 is 10.6 Å². The van der Waals surface area contributed by atoms with Crippen LogP contribution in [0, 0.1) is 0 Å². The molecule has 0 fully saturated rings. The van der Waals surface area contributed by atoms with Crippen LogP contribution in [0.4, 0.5) is 0 Å². The summed E-state index contributed by atoms with van der Waals surface area (Å²) in [6, 6.07) is 0. The quantitative estimate of drug-likeness (QED) is 0.540. The van der Waals surface area contributed by atoms with Crippen molar-refractivity contribution in [2.24, 2.45) is 0 Å². The number of carbonyl (C=O) groups excluding carboxylic acids is 1. The molecule has 0 bridgehead atoms. The highest BCUT2D eigenvalue weighted by molar-refractivity contribution is 5.73. The first-order valence-electron chi connectivity index (χ1n) is 3.15. The van der Waals surface area contributed by atoms with E-state index in [1.165, 1.54) is 6.92 Å². The molecule has 1 atom stereocenters. The van der Waals surface area contributed by atoms with Gasteiger partial charge in [-0.25, -0.2) is 0 Å². The number of hydrogen-bond acceptors (Lipinski definition) is 2. The van der Waals surface area contributed by atoms with Crippen LogP contribution >= 0.6 is 0 Å². The van der Waals surface area contributed by atoms with Crippen LogP contribution in [0.2, 0.25) is 0 Å². The van der Waals surface area contributed by atoms with Gasteiger partial charge in [0.2, 0.25) is 5.91 Å². The first kappa shape index (κ1) is 6.86. The van der Waals surface area contributed by atoms with Crippen molar-refractivity contribution in [3.05, 3.63) is 24.4 Å². The van der Waals surface area contributed by atoms with Gasteiger partial charge in [0.1, 0.15) is 6.17 Å². The Balaban J connectivity index is 2.37. The maximum Gasteiger partial charge on any atom is 0.218 e. The lowest BCUT2D eigenvalue weighted by Crippen LogP contribution is -2.41. The van der Waals surface area contributed by atoms with E-state index in [0.717, 1.165) is 0 Å². The van der Waals surface area contributed by atoms with Gasteiger partial charge in [-0.15, -0.1) is 0 Å². The molecule has 10 heavy (non-hydrogen) atoms. The minimum atomic E-state index is -0.0394. The van der Waals surface area contributed by atoms with Crippen molar-refractivity contribution in [1.82, 2.24) is 10.6 Å². The SMILES string of the molecule is CC(=O)NC1C=CC=CN1. The van der Waals surface area contributed by atoms with Gasteiger partial charge >= 0.3 is 0 Å². The van der Waals surface area contributed by atoms with Crippen LogP contribution in [-0.2, 0) is 4.79 Å². The standard InChI is InChI=1S/C7H10N2O/c1-6(10)9-7-4-2-3-5-8-7/h2-5,7-8H,1H3,(H,9,10). The molecule has 0 saturated heterocycles. The van der Waals surface area contributed by atoms with Crippen LogP contribution in [0.1, 0.15) is 6.92 Å². The highest BCUT2D eigenvalue weighted by atomic mass is 16.1. The predicted octanol–water partition coefficient (Wildman–Crippen LogP) is 0.122. The molecule has 1 unspecified atom stereocenters. The minimum absolute atomic E-state index is 0.0301. The lowest BCUT2D eigenvalue weighted by Gasteiger charge is -2.15. The molecule has 1 heterocycles. The summed E-state index contributed by atoms with van der Waals surface area (Å²) in [5.74, 6) is -0.0301. The lowest BCUT2D eigenvalue weighted by molar-refractivity contribution is -0.119. The largest absolute Gasteiger partial charge is 0.368 e. The van der Waals surface area contributed by atoms with Crippen LogP contribution in [0.25, 0.3) is 0 Å². The van der Waals surface area contributed by atoms with Crippen LogP contribution in [-0.4, -0.2) is 12.1 Å². The van der Waals surface area contributed by atoms with Gasteiger partial charge in [-0.2, -0.15) is 0 Å². The van der Waals surface area contributed by atoms with E-state index >= 15 is 0 Å². The summed E-state index contributed by atoms with van der Waals surface area (Å²) in [6.45, 7) is 1.49. The third-order valence-corrected chi connectivity index (χ3v) is 1.15. The van der Waals surface area contributed by atoms with Gasteiger partial charge in [0.15, 0.2) is 0 Å². The van der Waals surface area contributed by atoms with E-state index < -0.39 is 0 Å². The van der Waals surface area contributed by atoms with E-state index in [9.17, 15) is 4.79 Å². The first-order chi connectivity index (χ1) is 4.79. The number of carbonyl (C=O) groups is 1. The molecule has 0 aromatic heterocycles. The molecule has 54 valence electrons. The van der Waals surface area contributed by atoms with Crippen molar-refractivity contribution in [3.63, 3.8) is 0 Å². The van der Waals surface area contributed by atoms with Gasteiger partial charge in [0.25, 0.3) is 0 Å². The second-order valence-corrected chi connectivity index (χ2v) is 2.09. The third kappa shape index (κ3) is 1.93. The molecule has 0 spiro atoms. The predicted molar refractivity (Wildman–Crippen MR) is 39.0 cm³/mol. The van der Waals surface area contributed by atoms with Gasteiger partial charge in [-0.1, -0.05) is 6.08 Å². The molecule has 0 saturated carbocycles. The van der Waals surface area contributed by atoms with Gasteiger partial charge in [0.05, 0.1) is 0 Å². The van der Waals surface area contributed by atoms with Crippen LogP contribution in [0.3, 0.4) is 0 Å². The molecule has 1 amide bonds. The van der Waals surface area contributed by atoms with Crippen LogP contribution in [0.5, 0.6) is 0 Å². The third-order valence-electron chi connectivity index (χ3n) is 1.15. The molecule has 2 N–H and O–H groups in total. The summed E-state index contributed by atoms with van der Waals surface area (Å²) in [5, 5.41) is 5.64. The fourth-order valence-corrected chi connectivity index (χ4v) is 0.754. The van der Waals surface area contributed by atoms with E-state index in [2.05, 4.69) is 10.6 Å². The van der Waals surface area contributed by atoms with E-state index in [0.29, 0.717) is 0 Å². The summed E-state index contributed by atoms with van der Waals surface area (Å²) >= 11 is 0. The number of nitrogens with one attached hydrogen (secondary N) is 2. The Morgan fingerprint density at radius 2 is 2.40 bits per heavy atom. The molecule has 1 aliphatic heterocycles. The number of allylic oxidation sites excluding steroid dienone is 2. The number of dihydropyridines is 1. The molecular formula is C7H10N2O. The van der Waals surface area contributed by atoms with Gasteiger partial charge in [-0.05, 0) is 18.4 Å². The highest BCUT2D eigenvalue weighted by Crippen LogP contribution is 1.89. The number of hydrogen-bond donors (Lipinski definition) is 2. The van der Waals surface area contributed by atoms with Gasteiger partial charge in [-0.3, -0.25) is 4.79 Å². The molecule has 1 aliphatic rings. The Labute approximate surface area is 59.8 Å². The summed E-state index contributed by atoms with van der Waals surface area (Å²) in [7, 11) is 0. The van der Waals surface area contributed by atoms with Crippen molar-refractivity contribution in [2.45, 2.75) is 13.1 Å². The fraction of sp³-hybridized carbons (Fsp3) is 0.286. The topological polar surface area (TPSA) is 41.1 Å². The molecule has 0 radical (unpaired) electrons. The zero-order chi connectivity index (χ0) is 7.40. The van der Waals surface area contributed by atoms with Crippen LogP contribution in [0.15, 0.2) is 24.4 Å². The Hall–Kier alpha value is -1.25. The van der Waals surface area contributed by atoms with Crippen molar-refractivity contribution in [2.75, 3.05) is 0 Å². The molecule has 3 heteroatoms. The molecular weight excluding hydrogens is 128 g/mol. The second kappa shape index (κ2) is 3.06. The number of amides is 1. The molecule has 1 rings (SSSR count). The second-order valence-electron chi connectivity index (χ2n) is 2.09. The monoisotopic (exact) mass is 138 g/mol. The molecule has 0 aromatic carbocycles. The summed E-state index contributed by atoms with van der Waals surface area (Å²) in [5.41, 5.74) is 0. The zero-order valence-corrected chi connectivity index (χ0v) is 5.79. The average molecular weight is 138 g/mol. The van der Waals surface area contributed by atoms with Crippen molar-refractivity contribution in [1.29, 1.82) is 0 Å². The maximum absolute atomic E-state index is 10.5. The lowest BCUT2D eigenvalue weighted by atomic mass is 10.3. The normalized spacial score (nSPS) is 21.9. The van der Waals surface area contributed by atoms with Crippen LogP contribution < -0.4 is 10.6 Å². The molecule has 3 nitrogen and oxygen atoms in total. The van der Waals surface area contributed by atoms with Crippen molar-refractivity contribution in [3.8, 4) is 0 Å². The van der Waals surface area contributed by atoms with E-state index in [1.54, 1.807) is 6.20 Å². The number of rotatable bonds is 1. The Morgan fingerprint density at radius 1 is 1.60 bits per heavy atom. The van der Waals surface area contributed by atoms with Crippen molar-refractivity contribution < 1.29 is 4.79 Å². The Bertz CT molecular complexity index is 184. The summed E-state index contributed by atoms with van der Waals surface area (Å²) in [4.78, 5) is 10.5. The smallest absolute Gasteiger partial charge is 0.218 e. The maximum atomic E-state index is 10.5. The first-order valence-corrected chi connectivity index (χ1v) is 3.15.